The normalized spacial score (nSPS) is 20.1. The predicted octanol–water partition coefficient (Wildman–Crippen LogP) is 0.286. The SMILES string of the molecule is NC1CN(Cc2nccs2)C1. The summed E-state index contributed by atoms with van der Waals surface area (Å²) >= 11 is 1.71. The van der Waals surface area contributed by atoms with E-state index in [4.69, 9.17) is 5.73 Å². The quantitative estimate of drug-likeness (QED) is 0.691. The zero-order valence-electron chi connectivity index (χ0n) is 6.23. The number of hydrogen-bond acceptors (Lipinski definition) is 4. The Morgan fingerprint density at radius 3 is 3.09 bits per heavy atom. The number of thiazole rings is 1. The van der Waals surface area contributed by atoms with E-state index >= 15 is 0 Å². The number of likely N-dealkylation sites (tertiary alicyclic amines) is 1. The van der Waals surface area contributed by atoms with Gasteiger partial charge in [-0.2, -0.15) is 0 Å². The van der Waals surface area contributed by atoms with Gasteiger partial charge >= 0.3 is 0 Å². The van der Waals surface area contributed by atoms with Crippen LogP contribution >= 0.6 is 11.3 Å². The van der Waals surface area contributed by atoms with Crippen LogP contribution in [0, 0.1) is 0 Å². The van der Waals surface area contributed by atoms with E-state index in [0.29, 0.717) is 6.04 Å². The molecule has 0 bridgehead atoms. The predicted molar refractivity (Wildman–Crippen MR) is 45.4 cm³/mol. The fourth-order valence-electron chi connectivity index (χ4n) is 1.26. The average molecular weight is 169 g/mol. The molecule has 60 valence electrons. The summed E-state index contributed by atoms with van der Waals surface area (Å²) in [4.78, 5) is 6.51. The molecule has 2 heterocycles. The van der Waals surface area contributed by atoms with E-state index in [1.807, 2.05) is 11.6 Å². The highest BCUT2D eigenvalue weighted by Gasteiger charge is 2.22. The van der Waals surface area contributed by atoms with Crippen LogP contribution in [0.15, 0.2) is 11.6 Å². The zero-order valence-corrected chi connectivity index (χ0v) is 7.05. The van der Waals surface area contributed by atoms with Crippen molar-refractivity contribution >= 4 is 11.3 Å². The summed E-state index contributed by atoms with van der Waals surface area (Å²) in [5, 5.41) is 3.20. The van der Waals surface area contributed by atoms with E-state index in [9.17, 15) is 0 Å². The molecule has 3 nitrogen and oxygen atoms in total. The van der Waals surface area contributed by atoms with Crippen LogP contribution in [0.25, 0.3) is 0 Å². The Morgan fingerprint density at radius 1 is 1.73 bits per heavy atom. The fraction of sp³-hybridized carbons (Fsp3) is 0.571. The number of aromatic nitrogens is 1. The van der Waals surface area contributed by atoms with E-state index in [1.54, 1.807) is 11.3 Å². The van der Waals surface area contributed by atoms with Gasteiger partial charge in [-0.15, -0.1) is 11.3 Å². The second-order valence-electron chi connectivity index (χ2n) is 2.88. The molecule has 1 aromatic heterocycles. The number of rotatable bonds is 2. The van der Waals surface area contributed by atoms with Crippen LogP contribution in [-0.4, -0.2) is 29.0 Å². The summed E-state index contributed by atoms with van der Waals surface area (Å²) in [6.45, 7) is 3.03. The molecule has 0 amide bonds. The topological polar surface area (TPSA) is 42.1 Å². The molecule has 2 rings (SSSR count). The van der Waals surface area contributed by atoms with Crippen molar-refractivity contribution in [3.8, 4) is 0 Å². The average Bonchev–Trinajstić information content (AvgIpc) is 2.36. The maximum atomic E-state index is 5.64. The highest BCUT2D eigenvalue weighted by Crippen LogP contribution is 2.12. The monoisotopic (exact) mass is 169 g/mol. The zero-order chi connectivity index (χ0) is 7.68. The minimum absolute atomic E-state index is 0.398. The maximum absolute atomic E-state index is 5.64. The molecule has 0 aliphatic carbocycles. The third-order valence-corrected chi connectivity index (χ3v) is 2.59. The van der Waals surface area contributed by atoms with Crippen LogP contribution in [0.2, 0.25) is 0 Å². The second kappa shape index (κ2) is 2.89. The molecule has 2 N–H and O–H groups in total. The van der Waals surface area contributed by atoms with Crippen LogP contribution in [0.3, 0.4) is 0 Å². The Balaban J connectivity index is 1.84. The van der Waals surface area contributed by atoms with Crippen LogP contribution in [0.4, 0.5) is 0 Å². The minimum atomic E-state index is 0.398. The Hall–Kier alpha value is -0.450. The lowest BCUT2D eigenvalue weighted by molar-refractivity contribution is 0.142. The Bertz CT molecular complexity index is 216. The van der Waals surface area contributed by atoms with E-state index in [-0.39, 0.29) is 0 Å². The smallest absolute Gasteiger partial charge is 0.107 e. The van der Waals surface area contributed by atoms with Crippen LogP contribution < -0.4 is 5.73 Å². The Labute approximate surface area is 69.8 Å². The van der Waals surface area contributed by atoms with E-state index in [0.717, 1.165) is 19.6 Å². The summed E-state index contributed by atoms with van der Waals surface area (Å²) in [5.74, 6) is 0. The van der Waals surface area contributed by atoms with Gasteiger partial charge in [0.05, 0.1) is 6.54 Å². The largest absolute Gasteiger partial charge is 0.325 e. The summed E-state index contributed by atoms with van der Waals surface area (Å²) in [5.41, 5.74) is 5.64. The first-order valence-electron chi connectivity index (χ1n) is 3.71. The van der Waals surface area contributed by atoms with Gasteiger partial charge in [0.2, 0.25) is 0 Å². The maximum Gasteiger partial charge on any atom is 0.107 e. The summed E-state index contributed by atoms with van der Waals surface area (Å²) in [7, 11) is 0. The molecule has 1 aliphatic heterocycles. The van der Waals surface area contributed by atoms with Crippen molar-refractivity contribution in [3.05, 3.63) is 16.6 Å². The summed E-state index contributed by atoms with van der Waals surface area (Å²) < 4.78 is 0. The van der Waals surface area contributed by atoms with Crippen LogP contribution in [-0.2, 0) is 6.54 Å². The molecule has 0 spiro atoms. The van der Waals surface area contributed by atoms with E-state index < -0.39 is 0 Å². The van der Waals surface area contributed by atoms with Crippen LogP contribution in [0.5, 0.6) is 0 Å². The van der Waals surface area contributed by atoms with Crippen molar-refractivity contribution in [1.82, 2.24) is 9.88 Å². The summed E-state index contributed by atoms with van der Waals surface area (Å²) in [6, 6.07) is 0.398. The lowest BCUT2D eigenvalue weighted by atomic mass is 10.1. The lowest BCUT2D eigenvalue weighted by Crippen LogP contribution is -2.54. The highest BCUT2D eigenvalue weighted by atomic mass is 32.1. The first-order chi connectivity index (χ1) is 5.34. The molecule has 1 aliphatic rings. The lowest BCUT2D eigenvalue weighted by Gasteiger charge is -2.35. The van der Waals surface area contributed by atoms with Crippen molar-refractivity contribution < 1.29 is 0 Å². The molecular weight excluding hydrogens is 158 g/mol. The molecule has 0 aromatic carbocycles. The van der Waals surface area contributed by atoms with E-state index in [2.05, 4.69) is 9.88 Å². The Kier molecular flexibility index (Phi) is 1.89. The van der Waals surface area contributed by atoms with Crippen molar-refractivity contribution in [1.29, 1.82) is 0 Å². The highest BCUT2D eigenvalue weighted by molar-refractivity contribution is 7.09. The molecule has 11 heavy (non-hydrogen) atoms. The van der Waals surface area contributed by atoms with Gasteiger partial charge in [-0.25, -0.2) is 4.98 Å². The van der Waals surface area contributed by atoms with Gasteiger partial charge < -0.3 is 5.73 Å². The Morgan fingerprint density at radius 2 is 2.55 bits per heavy atom. The van der Waals surface area contributed by atoms with Gasteiger partial charge in [0.15, 0.2) is 0 Å². The molecule has 1 fully saturated rings. The molecular formula is C7H11N3S. The number of nitrogens with zero attached hydrogens (tertiary/aromatic N) is 2. The first-order valence-corrected chi connectivity index (χ1v) is 4.59. The third kappa shape index (κ3) is 1.58. The van der Waals surface area contributed by atoms with Crippen molar-refractivity contribution in [2.75, 3.05) is 13.1 Å². The van der Waals surface area contributed by atoms with Crippen LogP contribution in [0.1, 0.15) is 5.01 Å². The second-order valence-corrected chi connectivity index (χ2v) is 3.86. The van der Waals surface area contributed by atoms with Gasteiger partial charge in [-0.1, -0.05) is 0 Å². The van der Waals surface area contributed by atoms with E-state index in [1.165, 1.54) is 5.01 Å². The minimum Gasteiger partial charge on any atom is -0.325 e. The molecule has 0 atom stereocenters. The van der Waals surface area contributed by atoms with Gasteiger partial charge in [-0.05, 0) is 0 Å². The van der Waals surface area contributed by atoms with Crippen molar-refractivity contribution in [3.63, 3.8) is 0 Å². The first kappa shape index (κ1) is 7.21. The molecule has 0 unspecified atom stereocenters. The molecule has 0 radical (unpaired) electrons. The van der Waals surface area contributed by atoms with Crippen molar-refractivity contribution in [2.24, 2.45) is 5.73 Å². The third-order valence-electron chi connectivity index (χ3n) is 1.83. The van der Waals surface area contributed by atoms with Gasteiger partial charge in [-0.3, -0.25) is 4.90 Å². The number of hydrogen-bond donors (Lipinski definition) is 1. The fourth-order valence-corrected chi connectivity index (χ4v) is 1.92. The van der Waals surface area contributed by atoms with Crippen molar-refractivity contribution in [2.45, 2.75) is 12.6 Å². The number of nitrogens with two attached hydrogens (primary N) is 1. The molecule has 1 aromatic rings. The summed E-state index contributed by atoms with van der Waals surface area (Å²) in [6.07, 6.45) is 1.85. The standard InChI is InChI=1S/C7H11N3S/c8-6-3-10(4-6)5-7-9-1-2-11-7/h1-2,6H,3-5,8H2. The van der Waals surface area contributed by atoms with Gasteiger partial charge in [0.25, 0.3) is 0 Å². The molecule has 4 heteroatoms. The molecule has 0 saturated carbocycles. The van der Waals surface area contributed by atoms with Gasteiger partial charge in [0, 0.05) is 30.7 Å². The van der Waals surface area contributed by atoms with Gasteiger partial charge in [0.1, 0.15) is 5.01 Å². The molecule has 1 saturated heterocycles.